The summed E-state index contributed by atoms with van der Waals surface area (Å²) in [6.07, 6.45) is 0. The Kier molecular flexibility index (Phi) is 4.10. The van der Waals surface area contributed by atoms with Gasteiger partial charge >= 0.3 is 5.97 Å². The van der Waals surface area contributed by atoms with E-state index in [1.807, 2.05) is 6.07 Å². The van der Waals surface area contributed by atoms with E-state index in [1.165, 1.54) is 24.3 Å². The monoisotopic (exact) mass is 369 g/mol. The number of esters is 1. The fourth-order valence-electron chi connectivity index (χ4n) is 1.44. The molecule has 0 amide bonds. The molecule has 0 unspecified atom stereocenters. The lowest BCUT2D eigenvalue weighted by molar-refractivity contribution is -0.384. The summed E-state index contributed by atoms with van der Waals surface area (Å²) < 4.78 is 6.01. The van der Waals surface area contributed by atoms with Crippen molar-refractivity contribution in [2.45, 2.75) is 0 Å². The molecule has 2 aromatic carbocycles. The molecule has 0 aromatic heterocycles. The van der Waals surface area contributed by atoms with Gasteiger partial charge in [-0.25, -0.2) is 4.79 Å². The van der Waals surface area contributed by atoms with Crippen LogP contribution in [0.25, 0.3) is 0 Å². The number of hydrogen-bond acceptors (Lipinski definition) is 4. The van der Waals surface area contributed by atoms with Crippen molar-refractivity contribution in [2.75, 3.05) is 0 Å². The van der Waals surface area contributed by atoms with E-state index < -0.39 is 10.9 Å². The number of ether oxygens (including phenoxy) is 1. The van der Waals surface area contributed by atoms with Crippen molar-refractivity contribution in [3.05, 3.63) is 67.8 Å². The number of nitro groups is 1. The highest BCUT2D eigenvalue weighted by atomic mass is 127. The highest BCUT2D eigenvalue weighted by Gasteiger charge is 2.11. The number of hydrogen-bond donors (Lipinski definition) is 0. The maximum absolute atomic E-state index is 11.9. The number of carbonyl (C=O) groups is 1. The summed E-state index contributed by atoms with van der Waals surface area (Å²) >= 11 is 2.09. The number of halogens is 1. The Labute approximate surface area is 122 Å². The summed E-state index contributed by atoms with van der Waals surface area (Å²) in [6.45, 7) is 0. The van der Waals surface area contributed by atoms with Crippen LogP contribution in [0.2, 0.25) is 0 Å². The largest absolute Gasteiger partial charge is 0.423 e. The van der Waals surface area contributed by atoms with Crippen molar-refractivity contribution in [1.29, 1.82) is 0 Å². The van der Waals surface area contributed by atoms with Crippen LogP contribution in [-0.2, 0) is 0 Å². The zero-order chi connectivity index (χ0) is 13.8. The van der Waals surface area contributed by atoms with Gasteiger partial charge < -0.3 is 4.74 Å². The molecule has 0 aliphatic carbocycles. The van der Waals surface area contributed by atoms with Gasteiger partial charge in [0.15, 0.2) is 0 Å². The Morgan fingerprint density at radius 2 is 1.89 bits per heavy atom. The molecule has 0 saturated heterocycles. The maximum Gasteiger partial charge on any atom is 0.343 e. The molecule has 19 heavy (non-hydrogen) atoms. The van der Waals surface area contributed by atoms with Crippen molar-refractivity contribution in [2.24, 2.45) is 0 Å². The van der Waals surface area contributed by atoms with Crippen LogP contribution in [0.5, 0.6) is 5.75 Å². The molecular formula is C13H8INO4. The van der Waals surface area contributed by atoms with Crippen LogP contribution in [0, 0.1) is 13.7 Å². The van der Waals surface area contributed by atoms with E-state index in [9.17, 15) is 14.9 Å². The van der Waals surface area contributed by atoms with Gasteiger partial charge in [0.2, 0.25) is 0 Å². The first-order chi connectivity index (χ1) is 9.06. The van der Waals surface area contributed by atoms with Crippen molar-refractivity contribution in [1.82, 2.24) is 0 Å². The Balaban J connectivity index is 2.19. The number of carbonyl (C=O) groups excluding carboxylic acids is 1. The van der Waals surface area contributed by atoms with Gasteiger partial charge in [-0.1, -0.05) is 12.1 Å². The van der Waals surface area contributed by atoms with Crippen molar-refractivity contribution < 1.29 is 14.5 Å². The van der Waals surface area contributed by atoms with Gasteiger partial charge in [0, 0.05) is 9.64 Å². The van der Waals surface area contributed by atoms with Gasteiger partial charge in [0.1, 0.15) is 5.75 Å². The molecule has 0 radical (unpaired) electrons. The fourth-order valence-corrected chi connectivity index (χ4v) is 1.99. The number of nitrogens with zero attached hydrogens (tertiary/aromatic N) is 1. The molecule has 0 aliphatic heterocycles. The second-order valence-electron chi connectivity index (χ2n) is 3.65. The lowest BCUT2D eigenvalue weighted by atomic mass is 10.2. The Bertz CT molecular complexity index is 642. The van der Waals surface area contributed by atoms with E-state index in [4.69, 9.17) is 4.74 Å². The van der Waals surface area contributed by atoms with Gasteiger partial charge in [-0.05, 0) is 46.9 Å². The molecule has 0 spiro atoms. The van der Waals surface area contributed by atoms with Crippen LogP contribution in [0.4, 0.5) is 5.69 Å². The zero-order valence-corrected chi connectivity index (χ0v) is 11.7. The highest BCUT2D eigenvalue weighted by molar-refractivity contribution is 14.1. The average Bonchev–Trinajstić information content (AvgIpc) is 2.39. The van der Waals surface area contributed by atoms with Gasteiger partial charge in [0.05, 0.1) is 16.6 Å². The molecule has 2 rings (SSSR count). The predicted octanol–water partition coefficient (Wildman–Crippen LogP) is 3.42. The molecule has 5 nitrogen and oxygen atoms in total. The van der Waals surface area contributed by atoms with Gasteiger partial charge in [-0.3, -0.25) is 10.1 Å². The predicted molar refractivity (Wildman–Crippen MR) is 77.2 cm³/mol. The van der Waals surface area contributed by atoms with E-state index in [1.54, 1.807) is 18.2 Å². The molecular weight excluding hydrogens is 361 g/mol. The van der Waals surface area contributed by atoms with Crippen LogP contribution in [0.3, 0.4) is 0 Å². The Morgan fingerprint density at radius 3 is 2.58 bits per heavy atom. The third-order valence-electron chi connectivity index (χ3n) is 2.30. The minimum Gasteiger partial charge on any atom is -0.423 e. The zero-order valence-electron chi connectivity index (χ0n) is 9.58. The second-order valence-corrected chi connectivity index (χ2v) is 4.90. The first kappa shape index (κ1) is 13.5. The minimum absolute atomic E-state index is 0.118. The van der Waals surface area contributed by atoms with Crippen molar-refractivity contribution in [3.63, 3.8) is 0 Å². The lowest BCUT2D eigenvalue weighted by Crippen LogP contribution is -2.08. The second kappa shape index (κ2) is 5.79. The molecule has 0 aliphatic rings. The van der Waals surface area contributed by atoms with Crippen LogP contribution in [0.1, 0.15) is 10.4 Å². The standard InChI is InChI=1S/C13H8INO4/c14-10-4-1-3-9(7-10)13(16)19-12-6-2-5-11(8-12)15(17)18/h1-8H. The first-order valence-electron chi connectivity index (χ1n) is 5.28. The normalized spacial score (nSPS) is 9.95. The van der Waals surface area contributed by atoms with Gasteiger partial charge in [-0.2, -0.15) is 0 Å². The third-order valence-corrected chi connectivity index (χ3v) is 2.97. The van der Waals surface area contributed by atoms with Crippen LogP contribution in [0.15, 0.2) is 48.5 Å². The number of non-ortho nitro benzene ring substituents is 1. The number of rotatable bonds is 3. The number of benzene rings is 2. The molecule has 0 fully saturated rings. The molecule has 0 atom stereocenters. The SMILES string of the molecule is O=C(Oc1cccc([N+](=O)[O-])c1)c1cccc(I)c1. The molecule has 0 bridgehead atoms. The highest BCUT2D eigenvalue weighted by Crippen LogP contribution is 2.20. The third kappa shape index (κ3) is 3.50. The quantitative estimate of drug-likeness (QED) is 0.273. The summed E-state index contributed by atoms with van der Waals surface area (Å²) in [4.78, 5) is 21.9. The van der Waals surface area contributed by atoms with Crippen LogP contribution in [-0.4, -0.2) is 10.9 Å². The van der Waals surface area contributed by atoms with E-state index in [0.717, 1.165) is 3.57 Å². The Hall–Kier alpha value is -1.96. The fraction of sp³-hybridized carbons (Fsp3) is 0. The maximum atomic E-state index is 11.9. The molecule has 2 aromatic rings. The summed E-state index contributed by atoms with van der Waals surface area (Å²) in [5.41, 5.74) is 0.284. The molecule has 6 heteroatoms. The van der Waals surface area contributed by atoms with E-state index >= 15 is 0 Å². The van der Waals surface area contributed by atoms with E-state index in [0.29, 0.717) is 5.56 Å². The topological polar surface area (TPSA) is 69.4 Å². The van der Waals surface area contributed by atoms with E-state index in [2.05, 4.69) is 22.6 Å². The molecule has 0 saturated carbocycles. The molecule has 0 heterocycles. The summed E-state index contributed by atoms with van der Waals surface area (Å²) in [5, 5.41) is 10.6. The first-order valence-corrected chi connectivity index (χ1v) is 6.36. The molecule has 96 valence electrons. The summed E-state index contributed by atoms with van der Waals surface area (Å²) in [5.74, 6) is -0.392. The number of nitro benzene ring substituents is 1. The smallest absolute Gasteiger partial charge is 0.343 e. The van der Waals surface area contributed by atoms with Crippen LogP contribution < -0.4 is 4.74 Å². The van der Waals surface area contributed by atoms with Crippen molar-refractivity contribution >= 4 is 34.2 Å². The van der Waals surface area contributed by atoms with E-state index in [-0.39, 0.29) is 11.4 Å². The summed E-state index contributed by atoms with van der Waals surface area (Å²) in [6, 6.07) is 12.4. The minimum atomic E-state index is -0.543. The average molecular weight is 369 g/mol. The van der Waals surface area contributed by atoms with Gasteiger partial charge in [-0.15, -0.1) is 0 Å². The summed E-state index contributed by atoms with van der Waals surface area (Å²) in [7, 11) is 0. The Morgan fingerprint density at radius 1 is 1.16 bits per heavy atom. The molecule has 0 N–H and O–H groups in total. The van der Waals surface area contributed by atoms with Crippen molar-refractivity contribution in [3.8, 4) is 5.75 Å². The van der Waals surface area contributed by atoms with Crippen LogP contribution >= 0.6 is 22.6 Å². The van der Waals surface area contributed by atoms with Gasteiger partial charge in [0.25, 0.3) is 5.69 Å². The lowest BCUT2D eigenvalue weighted by Gasteiger charge is -2.04.